The van der Waals surface area contributed by atoms with E-state index < -0.39 is 0 Å². The van der Waals surface area contributed by atoms with Crippen LogP contribution in [0.2, 0.25) is 0 Å². The number of carbonyl (C=O) groups is 1. The highest BCUT2D eigenvalue weighted by molar-refractivity contribution is 5.79. The second-order valence-corrected chi connectivity index (χ2v) is 17.3. The van der Waals surface area contributed by atoms with E-state index in [-0.39, 0.29) is 41.2 Å². The van der Waals surface area contributed by atoms with Gasteiger partial charge in [-0.1, -0.05) is 13.8 Å². The fraction of sp³-hybridized carbons (Fsp3) is 0.868. The number of aliphatic hydroxyl groups is 1. The van der Waals surface area contributed by atoms with Crippen LogP contribution in [-0.4, -0.2) is 98.8 Å². The number of ketones is 1. The monoisotopic (exact) mass is 632 g/mol. The lowest BCUT2D eigenvalue weighted by Crippen LogP contribution is -2.75. The van der Waals surface area contributed by atoms with Crippen molar-refractivity contribution in [2.75, 3.05) is 37.6 Å². The molecule has 8 rings (SSSR count). The van der Waals surface area contributed by atoms with Gasteiger partial charge in [0.15, 0.2) is 0 Å². The van der Waals surface area contributed by atoms with Gasteiger partial charge in [-0.05, 0) is 145 Å². The average Bonchev–Trinajstić information content (AvgIpc) is 3.81. The van der Waals surface area contributed by atoms with Crippen molar-refractivity contribution >= 4 is 11.7 Å². The SMILES string of the molecule is CC(=O)[C@H]1CC[C@H]2[C@@H]3CCC4C(N5C(N6CCCC6)CN(c6ncccn6)CC5N5CCCC5C)[C@H](O)CC[C@]4(C)[C@H]3CC[C@]12C. The normalized spacial score (nSPS) is 47.0. The maximum atomic E-state index is 12.8. The summed E-state index contributed by atoms with van der Waals surface area (Å²) in [5.41, 5.74) is 0.427. The fourth-order valence-electron chi connectivity index (χ4n) is 13.3. The van der Waals surface area contributed by atoms with Crippen molar-refractivity contribution in [1.29, 1.82) is 0 Å². The Morgan fingerprint density at radius 2 is 1.52 bits per heavy atom. The summed E-state index contributed by atoms with van der Waals surface area (Å²) in [7, 11) is 0. The van der Waals surface area contributed by atoms with Gasteiger partial charge in [0, 0.05) is 50.0 Å². The highest BCUT2D eigenvalue weighted by atomic mass is 16.3. The summed E-state index contributed by atoms with van der Waals surface area (Å²) < 4.78 is 0. The molecule has 0 bridgehead atoms. The Morgan fingerprint density at radius 1 is 0.826 bits per heavy atom. The Morgan fingerprint density at radius 3 is 2.24 bits per heavy atom. The molecule has 1 aromatic rings. The molecule has 3 saturated heterocycles. The predicted molar refractivity (Wildman–Crippen MR) is 181 cm³/mol. The van der Waals surface area contributed by atoms with Gasteiger partial charge in [0.05, 0.1) is 18.4 Å². The lowest BCUT2D eigenvalue weighted by atomic mass is 9.43. The van der Waals surface area contributed by atoms with E-state index >= 15 is 0 Å². The number of hydrogen-bond donors (Lipinski definition) is 1. The van der Waals surface area contributed by atoms with E-state index in [1.165, 1.54) is 57.8 Å². The van der Waals surface area contributed by atoms with E-state index in [4.69, 9.17) is 9.97 Å². The van der Waals surface area contributed by atoms with Gasteiger partial charge >= 0.3 is 0 Å². The van der Waals surface area contributed by atoms with Crippen LogP contribution in [-0.2, 0) is 4.79 Å². The Labute approximate surface area is 277 Å². The summed E-state index contributed by atoms with van der Waals surface area (Å²) in [4.78, 5) is 33.2. The van der Waals surface area contributed by atoms with Crippen molar-refractivity contribution in [3.05, 3.63) is 18.5 Å². The molecule has 8 heteroatoms. The van der Waals surface area contributed by atoms with Gasteiger partial charge in [0.1, 0.15) is 5.78 Å². The maximum Gasteiger partial charge on any atom is 0.225 e. The third kappa shape index (κ3) is 4.93. The first-order valence-corrected chi connectivity index (χ1v) is 19.2. The molecular weight excluding hydrogens is 572 g/mol. The van der Waals surface area contributed by atoms with Crippen molar-refractivity contribution in [3.8, 4) is 0 Å². The van der Waals surface area contributed by atoms with Gasteiger partial charge in [-0.25, -0.2) is 9.97 Å². The highest BCUT2D eigenvalue weighted by Crippen LogP contribution is 2.68. The molecular formula is C38H60N6O2. The molecule has 7 aliphatic rings. The topological polar surface area (TPSA) is 76.0 Å². The van der Waals surface area contributed by atoms with Crippen LogP contribution in [0.25, 0.3) is 0 Å². The van der Waals surface area contributed by atoms with Crippen molar-refractivity contribution in [2.45, 2.75) is 135 Å². The van der Waals surface area contributed by atoms with E-state index in [0.29, 0.717) is 29.6 Å². The van der Waals surface area contributed by atoms with E-state index in [1.54, 1.807) is 0 Å². The number of nitrogens with zero attached hydrogens (tertiary/aromatic N) is 6. The zero-order chi connectivity index (χ0) is 31.8. The Hall–Kier alpha value is -1.61. The number of anilines is 1. The second kappa shape index (κ2) is 12.1. The van der Waals surface area contributed by atoms with E-state index in [1.807, 2.05) is 25.4 Å². The van der Waals surface area contributed by atoms with E-state index in [9.17, 15) is 9.90 Å². The van der Waals surface area contributed by atoms with Crippen LogP contribution in [0.15, 0.2) is 18.5 Å². The molecule has 1 N–H and O–H groups in total. The molecule has 254 valence electrons. The molecule has 3 aliphatic heterocycles. The largest absolute Gasteiger partial charge is 0.391 e. The minimum atomic E-state index is -0.290. The van der Waals surface area contributed by atoms with Gasteiger partial charge in [0.25, 0.3) is 0 Å². The molecule has 4 saturated carbocycles. The minimum Gasteiger partial charge on any atom is -0.391 e. The zero-order valence-electron chi connectivity index (χ0n) is 29.1. The lowest BCUT2D eigenvalue weighted by Gasteiger charge is -2.66. The number of fused-ring (bicyclic) bond motifs is 5. The van der Waals surface area contributed by atoms with Crippen LogP contribution < -0.4 is 4.90 Å². The summed E-state index contributed by atoms with van der Waals surface area (Å²) in [5, 5.41) is 12.3. The molecule has 4 heterocycles. The Bertz CT molecular complexity index is 1260. The van der Waals surface area contributed by atoms with E-state index in [2.05, 4.69) is 40.4 Å². The van der Waals surface area contributed by atoms with Gasteiger partial charge in [0.2, 0.25) is 5.95 Å². The number of aliphatic hydroxyl groups excluding tert-OH is 1. The number of hydrogen-bond acceptors (Lipinski definition) is 8. The Kier molecular flexibility index (Phi) is 8.30. The Balaban J connectivity index is 1.16. The fourth-order valence-corrected chi connectivity index (χ4v) is 13.3. The number of piperazine rings is 1. The number of rotatable bonds is 5. The predicted octanol–water partition coefficient (Wildman–Crippen LogP) is 5.42. The number of Topliss-reactive ketones (excluding diaryl/α,β-unsaturated/α-hetero) is 1. The first kappa shape index (κ1) is 31.6. The number of aromatic nitrogens is 2. The summed E-state index contributed by atoms with van der Waals surface area (Å²) in [6.45, 7) is 14.6. The van der Waals surface area contributed by atoms with Crippen molar-refractivity contribution < 1.29 is 9.90 Å². The lowest BCUT2D eigenvalue weighted by molar-refractivity contribution is -0.195. The third-order valence-corrected chi connectivity index (χ3v) is 15.4. The maximum absolute atomic E-state index is 12.8. The first-order chi connectivity index (χ1) is 22.2. The van der Waals surface area contributed by atoms with Crippen LogP contribution in [0.1, 0.15) is 105 Å². The highest BCUT2D eigenvalue weighted by Gasteiger charge is 2.64. The summed E-state index contributed by atoms with van der Waals surface area (Å²) in [6.07, 6.45) is 18.4. The van der Waals surface area contributed by atoms with E-state index in [0.717, 1.165) is 63.9 Å². The second-order valence-electron chi connectivity index (χ2n) is 17.3. The first-order valence-electron chi connectivity index (χ1n) is 19.2. The van der Waals surface area contributed by atoms with Crippen molar-refractivity contribution in [3.63, 3.8) is 0 Å². The molecule has 46 heavy (non-hydrogen) atoms. The summed E-state index contributed by atoms with van der Waals surface area (Å²) in [5.74, 6) is 4.17. The molecule has 5 unspecified atom stereocenters. The van der Waals surface area contributed by atoms with Crippen LogP contribution in [0.4, 0.5) is 5.95 Å². The molecule has 8 nitrogen and oxygen atoms in total. The molecule has 1 aromatic heterocycles. The molecule has 4 aliphatic carbocycles. The summed E-state index contributed by atoms with van der Waals surface area (Å²) in [6, 6.07) is 2.63. The quantitative estimate of drug-likeness (QED) is 0.462. The van der Waals surface area contributed by atoms with Gasteiger partial charge in [-0.15, -0.1) is 0 Å². The van der Waals surface area contributed by atoms with Crippen LogP contribution in [0, 0.1) is 40.4 Å². The molecule has 7 fully saturated rings. The van der Waals surface area contributed by atoms with Crippen LogP contribution in [0.3, 0.4) is 0 Å². The molecule has 0 radical (unpaired) electrons. The van der Waals surface area contributed by atoms with Crippen LogP contribution in [0.5, 0.6) is 0 Å². The summed E-state index contributed by atoms with van der Waals surface area (Å²) >= 11 is 0. The molecule has 12 atom stereocenters. The van der Waals surface area contributed by atoms with Crippen molar-refractivity contribution in [1.82, 2.24) is 24.7 Å². The molecule has 0 amide bonds. The minimum absolute atomic E-state index is 0.170. The smallest absolute Gasteiger partial charge is 0.225 e. The van der Waals surface area contributed by atoms with Gasteiger partial charge in [-0.2, -0.15) is 0 Å². The zero-order valence-corrected chi connectivity index (χ0v) is 29.1. The number of carbonyl (C=O) groups excluding carboxylic acids is 1. The van der Waals surface area contributed by atoms with Gasteiger partial charge in [-0.3, -0.25) is 19.5 Å². The standard InChI is InChI=1S/C38H60N6O2/c1-25-9-7-22-43(25)34-24-42(36-39-18-8-19-40-36)23-33(41-20-5-6-21-41)44(34)35-31-11-10-27-29-13-12-28(26(2)45)37(29,3)16-14-30(27)38(31,4)17-15-32(35)46/h8,18-19,25,27-35,46H,5-7,9-17,20-24H2,1-4H3/t25?,27-,28+,29-,30-,31?,32+,33?,34?,35?,37+,38+/m0/s1. The molecule has 0 aromatic carbocycles. The number of likely N-dealkylation sites (tertiary alicyclic amines) is 2. The molecule has 0 spiro atoms. The van der Waals surface area contributed by atoms with Gasteiger partial charge < -0.3 is 10.0 Å². The average molecular weight is 633 g/mol. The third-order valence-electron chi connectivity index (χ3n) is 15.4. The van der Waals surface area contributed by atoms with Crippen LogP contribution >= 0.6 is 0 Å². The van der Waals surface area contributed by atoms with Crippen molar-refractivity contribution in [2.24, 2.45) is 40.4 Å².